The van der Waals surface area contributed by atoms with Gasteiger partial charge in [-0.1, -0.05) is 54.5 Å². The van der Waals surface area contributed by atoms with E-state index in [2.05, 4.69) is 48.1 Å². The summed E-state index contributed by atoms with van der Waals surface area (Å²) in [5.74, 6) is -0.0434. The number of hydrogen-bond donors (Lipinski definition) is 0. The second-order valence-electron chi connectivity index (χ2n) is 6.84. The zero-order chi connectivity index (χ0) is 15.9. The first-order valence-corrected chi connectivity index (χ1v) is 10.1. The molecule has 0 aromatic heterocycles. The van der Waals surface area contributed by atoms with Crippen molar-refractivity contribution in [3.05, 3.63) is 12.7 Å². The minimum atomic E-state index is -1.91. The Morgan fingerprint density at radius 3 is 1.75 bits per heavy atom. The van der Waals surface area contributed by atoms with Crippen LogP contribution in [0.15, 0.2) is 12.7 Å². The maximum Gasteiger partial charge on any atom is 0.200 e. The van der Waals surface area contributed by atoms with Crippen LogP contribution in [0.25, 0.3) is 0 Å². The van der Waals surface area contributed by atoms with Gasteiger partial charge in [-0.3, -0.25) is 0 Å². The topological polar surface area (TPSA) is 26.3 Å². The van der Waals surface area contributed by atoms with Crippen LogP contribution >= 0.6 is 0 Å². The van der Waals surface area contributed by atoms with Crippen molar-refractivity contribution in [1.29, 1.82) is 0 Å². The van der Waals surface area contributed by atoms with Gasteiger partial charge < -0.3 is 9.22 Å². The maximum absolute atomic E-state index is 11.2. The molecule has 118 valence electrons. The molecule has 0 aliphatic carbocycles. The Balaban J connectivity index is 5.35. The highest BCUT2D eigenvalue weighted by molar-refractivity contribution is 6.77. The molecule has 3 heteroatoms. The molecule has 0 aromatic rings. The van der Waals surface area contributed by atoms with Crippen LogP contribution in [-0.2, 0) is 9.22 Å². The SMILES string of the molecule is C=CCC[C@@H](O[Si](C(C)C)(C(C)C)C(C)C)[C@H](C)C=O. The molecule has 0 aliphatic rings. The molecule has 0 unspecified atom stereocenters. The summed E-state index contributed by atoms with van der Waals surface area (Å²) in [5, 5.41) is 0. The van der Waals surface area contributed by atoms with Gasteiger partial charge in [-0.25, -0.2) is 0 Å². The van der Waals surface area contributed by atoms with Crippen LogP contribution in [0.2, 0.25) is 16.6 Å². The van der Waals surface area contributed by atoms with Crippen LogP contribution in [0.4, 0.5) is 0 Å². The second kappa shape index (κ2) is 8.78. The highest BCUT2D eigenvalue weighted by atomic mass is 28.4. The molecule has 0 saturated carbocycles. The third-order valence-electron chi connectivity index (χ3n) is 4.52. The Hall–Kier alpha value is -0.413. The average molecular weight is 299 g/mol. The minimum absolute atomic E-state index is 0.0318. The lowest BCUT2D eigenvalue weighted by atomic mass is 10.0. The van der Waals surface area contributed by atoms with Gasteiger partial charge in [0.05, 0.1) is 6.10 Å². The molecule has 2 atom stereocenters. The molecule has 0 rings (SSSR count). The summed E-state index contributed by atoms with van der Waals surface area (Å²) in [5.41, 5.74) is 1.65. The Bertz CT molecular complexity index is 276. The lowest BCUT2D eigenvalue weighted by Gasteiger charge is -2.45. The molecular formula is C17H34O2Si. The third kappa shape index (κ3) is 4.56. The predicted molar refractivity (Wildman–Crippen MR) is 90.6 cm³/mol. The van der Waals surface area contributed by atoms with E-state index in [1.165, 1.54) is 0 Å². The molecule has 20 heavy (non-hydrogen) atoms. The van der Waals surface area contributed by atoms with Crippen molar-refractivity contribution in [3.63, 3.8) is 0 Å². The van der Waals surface area contributed by atoms with E-state index >= 15 is 0 Å². The standard InChI is InChI=1S/C17H34O2Si/c1-9-10-11-17(16(8)12-18)19-20(13(2)3,14(4)5)15(6)7/h9,12-17H,1,10-11H2,2-8H3/t16-,17-/m1/s1. The van der Waals surface area contributed by atoms with Gasteiger partial charge in [0, 0.05) is 5.92 Å². The van der Waals surface area contributed by atoms with Gasteiger partial charge in [0.1, 0.15) is 6.29 Å². The molecule has 0 bridgehead atoms. The molecule has 0 N–H and O–H groups in total. The quantitative estimate of drug-likeness (QED) is 0.309. The summed E-state index contributed by atoms with van der Waals surface area (Å²) < 4.78 is 6.74. The van der Waals surface area contributed by atoms with E-state index in [4.69, 9.17) is 4.43 Å². The van der Waals surface area contributed by atoms with E-state index in [1.54, 1.807) is 0 Å². The number of allylic oxidation sites excluding steroid dienone is 1. The van der Waals surface area contributed by atoms with Crippen LogP contribution in [-0.4, -0.2) is 20.7 Å². The zero-order valence-electron chi connectivity index (χ0n) is 14.5. The summed E-state index contributed by atoms with van der Waals surface area (Å²) in [6.07, 6.45) is 4.78. The van der Waals surface area contributed by atoms with E-state index in [0.717, 1.165) is 19.1 Å². The van der Waals surface area contributed by atoms with Gasteiger partial charge in [-0.15, -0.1) is 6.58 Å². The number of aldehydes is 1. The van der Waals surface area contributed by atoms with Crippen molar-refractivity contribution < 1.29 is 9.22 Å². The van der Waals surface area contributed by atoms with E-state index < -0.39 is 8.32 Å². The number of carbonyl (C=O) groups excluding carboxylic acids is 1. The molecule has 0 amide bonds. The fourth-order valence-corrected chi connectivity index (χ4v) is 9.14. The van der Waals surface area contributed by atoms with Crippen molar-refractivity contribution in [2.45, 2.75) is 84.0 Å². The van der Waals surface area contributed by atoms with Crippen LogP contribution < -0.4 is 0 Å². The van der Waals surface area contributed by atoms with Crippen molar-refractivity contribution in [1.82, 2.24) is 0 Å². The van der Waals surface area contributed by atoms with Gasteiger partial charge >= 0.3 is 0 Å². The van der Waals surface area contributed by atoms with Crippen LogP contribution in [0.5, 0.6) is 0 Å². The smallest absolute Gasteiger partial charge is 0.200 e. The monoisotopic (exact) mass is 298 g/mol. The Kier molecular flexibility index (Phi) is 8.60. The number of rotatable bonds is 10. The number of hydrogen-bond acceptors (Lipinski definition) is 2. The second-order valence-corrected chi connectivity index (χ2v) is 12.2. The number of carbonyl (C=O) groups is 1. The van der Waals surface area contributed by atoms with Crippen molar-refractivity contribution >= 4 is 14.6 Å². The molecule has 0 aromatic carbocycles. The fraction of sp³-hybridized carbons (Fsp3) is 0.824. The van der Waals surface area contributed by atoms with E-state index in [0.29, 0.717) is 16.6 Å². The van der Waals surface area contributed by atoms with Gasteiger partial charge in [-0.2, -0.15) is 0 Å². The predicted octanol–water partition coefficient (Wildman–Crippen LogP) is 5.35. The van der Waals surface area contributed by atoms with E-state index in [-0.39, 0.29) is 12.0 Å². The lowest BCUT2D eigenvalue weighted by Crippen LogP contribution is -2.51. The molecule has 0 spiro atoms. The Labute approximate surface area is 127 Å². The molecule has 0 aliphatic heterocycles. The van der Waals surface area contributed by atoms with Gasteiger partial charge in [0.25, 0.3) is 0 Å². The van der Waals surface area contributed by atoms with Crippen LogP contribution in [0, 0.1) is 5.92 Å². The summed E-state index contributed by atoms with van der Waals surface area (Å²) in [7, 11) is -1.91. The molecule has 0 saturated heterocycles. The Morgan fingerprint density at radius 1 is 1.00 bits per heavy atom. The average Bonchev–Trinajstić information content (AvgIpc) is 2.36. The van der Waals surface area contributed by atoms with Gasteiger partial charge in [0.15, 0.2) is 0 Å². The largest absolute Gasteiger partial charge is 0.412 e. The van der Waals surface area contributed by atoms with Crippen molar-refractivity contribution in [2.75, 3.05) is 0 Å². The molecule has 0 radical (unpaired) electrons. The first kappa shape index (κ1) is 19.6. The highest BCUT2D eigenvalue weighted by Gasteiger charge is 2.47. The first-order valence-electron chi connectivity index (χ1n) is 7.97. The van der Waals surface area contributed by atoms with Crippen LogP contribution in [0.1, 0.15) is 61.3 Å². The van der Waals surface area contributed by atoms with Gasteiger partial charge in [0.2, 0.25) is 8.32 Å². The summed E-state index contributed by atoms with van der Waals surface area (Å²) in [4.78, 5) is 11.2. The van der Waals surface area contributed by atoms with E-state index in [9.17, 15) is 4.79 Å². The van der Waals surface area contributed by atoms with Crippen molar-refractivity contribution in [3.8, 4) is 0 Å². The normalized spacial score (nSPS) is 15.7. The minimum Gasteiger partial charge on any atom is -0.412 e. The van der Waals surface area contributed by atoms with Gasteiger partial charge in [-0.05, 0) is 29.5 Å². The zero-order valence-corrected chi connectivity index (χ0v) is 15.5. The highest BCUT2D eigenvalue weighted by Crippen LogP contribution is 2.44. The lowest BCUT2D eigenvalue weighted by molar-refractivity contribution is -0.113. The molecular weight excluding hydrogens is 264 g/mol. The summed E-state index contributed by atoms with van der Waals surface area (Å²) in [6.45, 7) is 19.4. The third-order valence-corrected chi connectivity index (χ3v) is 10.6. The molecule has 2 nitrogen and oxygen atoms in total. The Morgan fingerprint density at radius 2 is 1.45 bits per heavy atom. The van der Waals surface area contributed by atoms with Crippen LogP contribution in [0.3, 0.4) is 0 Å². The molecule has 0 fully saturated rings. The summed E-state index contributed by atoms with van der Waals surface area (Å²) >= 11 is 0. The fourth-order valence-electron chi connectivity index (χ4n) is 3.47. The maximum atomic E-state index is 11.2. The summed E-state index contributed by atoms with van der Waals surface area (Å²) in [6, 6.07) is 0. The van der Waals surface area contributed by atoms with Crippen molar-refractivity contribution in [2.24, 2.45) is 5.92 Å². The molecule has 0 heterocycles. The first-order chi connectivity index (χ1) is 9.23. The van der Waals surface area contributed by atoms with E-state index in [1.807, 2.05) is 13.0 Å².